The molecule has 0 aromatic rings. The van der Waals surface area contributed by atoms with E-state index in [4.69, 9.17) is 108 Å². The zero-order valence-electron chi connectivity index (χ0n) is 67.6. The Kier molecular flexibility index (Phi) is 39.2. The highest BCUT2D eigenvalue weighted by Crippen LogP contribution is 2.35. The molecule has 6 fully saturated rings. The number of ether oxygens (including phenoxy) is 12. The van der Waals surface area contributed by atoms with E-state index in [1.807, 2.05) is 6.92 Å². The number of alkyl carbamates (subject to hydrolysis) is 6. The predicted molar refractivity (Wildman–Crippen MR) is 409 cm³/mol. The van der Waals surface area contributed by atoms with Gasteiger partial charge in [0.25, 0.3) is 0 Å². The van der Waals surface area contributed by atoms with E-state index in [0.717, 1.165) is 0 Å². The zero-order valence-corrected chi connectivity index (χ0v) is 67.6. The lowest BCUT2D eigenvalue weighted by molar-refractivity contribution is -0.285. The molecule has 12 rings (SSSR count). The second kappa shape index (κ2) is 47.9. The van der Waals surface area contributed by atoms with Gasteiger partial charge in [-0.25, -0.2) is 28.8 Å². The minimum atomic E-state index is -1.72. The maximum Gasteiger partial charge on any atom is 0.407 e. The Hall–Kier alpha value is -10.5. The number of rotatable bonds is 30. The Labute approximate surface area is 726 Å². The molecule has 6 saturated heterocycles. The third kappa shape index (κ3) is 30.6. The number of aliphatic imine (C=N–C) groups is 2. The van der Waals surface area contributed by atoms with Crippen molar-refractivity contribution in [2.24, 2.45) is 61.1 Å². The van der Waals surface area contributed by atoms with Crippen molar-refractivity contribution in [1.29, 1.82) is 0 Å². The first-order valence-corrected chi connectivity index (χ1v) is 38.6. The molecule has 0 bridgehead atoms. The molecule has 0 spiro atoms. The number of aliphatic hydroxyl groups excluding tert-OH is 22. The monoisotopic (exact) mass is 1850 g/mol. The minimum absolute atomic E-state index is 0.0115. The van der Waals surface area contributed by atoms with Crippen molar-refractivity contribution >= 4 is 49.0 Å². The standard InChI is InChI=1S/C13H18N2O7.C12H17N3O7.C11H19N3O7.C11H15N3O6.C10H16N6O7.C10H15N5O6/c1-2-3-13(6-15-13)5-14-12(20)22-10-9(18)8(17)7(4-16)21-11(10)19;1-2-3-12(14-15-12)5-13-11(20)22-9-8(18)7(17)6(4-16)21-10(9)19;1-2-11(13-14-11)4-12-10(19)21-8-7(17)6(16)5(3-15)20-9(8)18;1-2-3-11(13-14-11)5-12-10(18)20-8-7(16)6(15)4-19-9(8)17;11-16-13-3-10(14-15-10)2-12-9(21)23-7-6(19)5(18)4(1-17)22-8(7)20;11-15-14-4-10(3-13-10)2-12-9(19)21-7-6(17)5(16)1-20-8(7)18/h1,6-11,16-19H,3-5H2,(H,14,20);1,6-10,16-19H,3-5H2,(H,13,20);5-9,15-18H,2-4H2,1H3,(H,12,19);1,6-9,15-17H,3-5H2,(H,12,18);4-8,17-20H,1-3H2,(H,12,21);3,5-8,16-18H,1-2,4H2,(H,12,19)/t7?,8-,9+,10?,11-,13?;6?,7-,8+,9?,10?;5?,6-,7+,8?,9?;6-,7+,8?,9?;4?,5-,6+,7?,8-;5-,6+,7?,8?,10?/m111111/s1. The fourth-order valence-electron chi connectivity index (χ4n) is 11.6. The van der Waals surface area contributed by atoms with Crippen molar-refractivity contribution < 1.29 is 198 Å². The van der Waals surface area contributed by atoms with Gasteiger partial charge in [0.2, 0.25) is 22.7 Å². The Morgan fingerprint density at radius 1 is 0.372 bits per heavy atom. The van der Waals surface area contributed by atoms with Crippen LogP contribution in [0.2, 0.25) is 0 Å². The summed E-state index contributed by atoms with van der Waals surface area (Å²) in [5, 5.41) is 260. The molecule has 12 heterocycles. The summed E-state index contributed by atoms with van der Waals surface area (Å²) in [6.45, 7) is -0.780. The summed E-state index contributed by atoms with van der Waals surface area (Å²) in [7, 11) is 0. The highest BCUT2D eigenvalue weighted by atomic mass is 16.7. The normalized spacial score (nSPS) is 36.4. The molecule has 62 heteroatoms. The molecule has 0 radical (unpaired) electrons. The van der Waals surface area contributed by atoms with Crippen LogP contribution in [0, 0.1) is 37.0 Å². The molecule has 28 N–H and O–H groups in total. The Morgan fingerprint density at radius 2 is 0.620 bits per heavy atom. The van der Waals surface area contributed by atoms with Gasteiger partial charge in [0.05, 0.1) is 105 Å². The molecule has 12 aliphatic heterocycles. The average Bonchev–Trinajstić information content (AvgIpc) is 1.35. The second-order valence-corrected chi connectivity index (χ2v) is 29.5. The van der Waals surface area contributed by atoms with Crippen LogP contribution in [0.1, 0.15) is 32.6 Å². The van der Waals surface area contributed by atoms with E-state index in [0.29, 0.717) is 12.8 Å². The van der Waals surface area contributed by atoms with Crippen LogP contribution in [0.15, 0.2) is 61.1 Å². The number of carbonyl (C=O) groups is 6. The lowest BCUT2D eigenvalue weighted by Gasteiger charge is -2.39. The maximum atomic E-state index is 11.7. The van der Waals surface area contributed by atoms with Gasteiger partial charge < -0.3 is 201 Å². The van der Waals surface area contributed by atoms with Gasteiger partial charge in [0, 0.05) is 28.7 Å². The van der Waals surface area contributed by atoms with Crippen LogP contribution < -0.4 is 31.9 Å². The smallest absolute Gasteiger partial charge is 0.407 e. The summed E-state index contributed by atoms with van der Waals surface area (Å²) in [5.41, 5.74) is 11.9. The Balaban J connectivity index is 0.000000212. The Morgan fingerprint density at radius 3 is 0.868 bits per heavy atom. The number of aliphatic hydroxyl groups is 22. The lowest BCUT2D eigenvalue weighted by Crippen LogP contribution is -2.60. The molecule has 129 heavy (non-hydrogen) atoms. The third-order valence-electron chi connectivity index (χ3n) is 19.9. The van der Waals surface area contributed by atoms with Crippen LogP contribution in [0.25, 0.3) is 20.9 Å². The van der Waals surface area contributed by atoms with Gasteiger partial charge in [-0.05, 0) is 17.5 Å². The molecule has 0 aromatic carbocycles. The number of nitrogens with zero attached hydrogens (tertiary/aromatic N) is 16. The van der Waals surface area contributed by atoms with Gasteiger partial charge in [-0.3, -0.25) is 9.98 Å². The molecule has 16 unspecified atom stereocenters. The van der Waals surface area contributed by atoms with Crippen molar-refractivity contribution in [3.05, 3.63) is 20.9 Å². The fourth-order valence-corrected chi connectivity index (χ4v) is 11.6. The van der Waals surface area contributed by atoms with Crippen molar-refractivity contribution in [3.63, 3.8) is 0 Å². The molecule has 6 amide bonds. The van der Waals surface area contributed by atoms with Crippen molar-refractivity contribution in [1.82, 2.24) is 31.9 Å². The number of nitrogens with one attached hydrogen (secondary N) is 6. The van der Waals surface area contributed by atoms with E-state index < -0.39 is 269 Å². The number of terminal acetylenes is 3. The predicted octanol–water partition coefficient (Wildman–Crippen LogP) is -12.3. The Bertz CT molecular complexity index is 4050. The molecule has 0 aliphatic carbocycles. The van der Waals surface area contributed by atoms with Crippen LogP contribution in [0.4, 0.5) is 28.8 Å². The largest absolute Gasteiger partial charge is 0.438 e. The summed E-state index contributed by atoms with van der Waals surface area (Å²) >= 11 is 0. The fraction of sp³-hybridized carbons (Fsp3) is 0.791. The summed E-state index contributed by atoms with van der Waals surface area (Å²) in [6.07, 6.45) is -26.6. The summed E-state index contributed by atoms with van der Waals surface area (Å²) in [6, 6.07) is 0. The number of azide groups is 2. The summed E-state index contributed by atoms with van der Waals surface area (Å²) in [5.74, 6) is 7.19. The first kappa shape index (κ1) is 106. The topological polar surface area (TPSA) is 952 Å². The maximum absolute atomic E-state index is 11.7. The first-order valence-electron chi connectivity index (χ1n) is 38.6. The third-order valence-corrected chi connectivity index (χ3v) is 19.9. The van der Waals surface area contributed by atoms with Crippen LogP contribution in [-0.2, 0) is 56.8 Å². The van der Waals surface area contributed by atoms with Gasteiger partial charge in [-0.1, -0.05) is 17.2 Å². The van der Waals surface area contributed by atoms with Gasteiger partial charge in [0.1, 0.15) is 109 Å². The summed E-state index contributed by atoms with van der Waals surface area (Å²) in [4.78, 5) is 82.9. The molecule has 62 nitrogen and oxygen atoms in total. The van der Waals surface area contributed by atoms with E-state index in [-0.39, 0.29) is 78.4 Å². The molecule has 30 atom stereocenters. The molecular formula is C67H100N22O40. The number of hydrogen-bond donors (Lipinski definition) is 28. The van der Waals surface area contributed by atoms with Crippen LogP contribution in [0.5, 0.6) is 0 Å². The number of amides is 6. The van der Waals surface area contributed by atoms with E-state index in [1.165, 1.54) is 6.21 Å². The van der Waals surface area contributed by atoms with E-state index >= 15 is 0 Å². The molecule has 0 saturated carbocycles. The summed E-state index contributed by atoms with van der Waals surface area (Å²) < 4.78 is 57.9. The quantitative estimate of drug-likeness (QED) is 0.0104. The minimum Gasteiger partial charge on any atom is -0.438 e. The van der Waals surface area contributed by atoms with Gasteiger partial charge in [0.15, 0.2) is 74.4 Å². The van der Waals surface area contributed by atoms with E-state index in [9.17, 15) is 121 Å². The zero-order chi connectivity index (χ0) is 95.5. The van der Waals surface area contributed by atoms with Crippen LogP contribution >= 0.6 is 0 Å². The van der Waals surface area contributed by atoms with Crippen LogP contribution in [0.3, 0.4) is 0 Å². The van der Waals surface area contributed by atoms with Gasteiger partial charge in [-0.15, -0.1) is 37.0 Å². The molecule has 0 aromatic heterocycles. The lowest BCUT2D eigenvalue weighted by atomic mass is 9.99. The van der Waals surface area contributed by atoms with Crippen molar-refractivity contribution in [2.75, 3.05) is 92.0 Å². The SMILES string of the molecule is C#CCC1(CNC(=O)OC2C(O)OC(CO)[C@@H](O)[C@@H]2O)N=N1.C#CCC1(CNC(=O)OC2C(O)OC[C@@H](O)[C@@H]2O)N=N1.C#CCC1(CNC(=O)OC2[C@H](O)OC(CO)[C@@H](O)[C@@H]2O)C=N1.CCC1(CNC(=O)OC2C(O)OC(CO)[C@@H](O)[C@@H]2O)N=N1.[N-]=[N+]=NCC1(CNC(=O)OC2C(O)OC[C@@H](O)[C@@H]2O)C=N1.[N-]=[N+]=NCC1(CNC(=O)OC2[C@H](O)OC(CO)[C@@H](O)[C@@H]2O)N=N1. The van der Waals surface area contributed by atoms with Crippen molar-refractivity contribution in [3.8, 4) is 37.0 Å². The number of carbonyl (C=O) groups excluding carboxylic acids is 6. The first-order chi connectivity index (χ1) is 61.1. The van der Waals surface area contributed by atoms with E-state index in [1.54, 1.807) is 6.21 Å². The van der Waals surface area contributed by atoms with Crippen molar-refractivity contribution in [2.45, 2.75) is 238 Å². The second-order valence-electron chi connectivity index (χ2n) is 29.5. The van der Waals surface area contributed by atoms with Gasteiger partial charge >= 0.3 is 36.6 Å². The highest BCUT2D eigenvalue weighted by molar-refractivity contribution is 5.86. The molecule has 12 aliphatic rings. The van der Waals surface area contributed by atoms with Crippen LogP contribution in [-0.4, -0.2) is 459 Å². The molecular weight excluding hydrogens is 1750 g/mol. The highest BCUT2D eigenvalue weighted by Gasteiger charge is 2.53. The van der Waals surface area contributed by atoms with Gasteiger partial charge in [-0.2, -0.15) is 40.9 Å². The average molecular weight is 1850 g/mol. The molecule has 718 valence electrons. The number of hydrogen-bond acceptors (Lipinski definition) is 52. The van der Waals surface area contributed by atoms with E-state index in [2.05, 4.69) is 121 Å².